The van der Waals surface area contributed by atoms with Crippen LogP contribution in [0.2, 0.25) is 5.02 Å². The molecule has 1 atom stereocenters. The SMILES string of the molecule is CSC1C(C(=O)c2ccccc2Cl)=C(CC(=O)O)C(=O)N1CC(C)C. The summed E-state index contributed by atoms with van der Waals surface area (Å²) in [5.74, 6) is -1.72. The Kier molecular flexibility index (Phi) is 6.30. The van der Waals surface area contributed by atoms with E-state index in [2.05, 4.69) is 0 Å². The molecule has 0 radical (unpaired) electrons. The molecule has 1 aromatic rings. The topological polar surface area (TPSA) is 74.7 Å². The number of carboxylic acids is 1. The van der Waals surface area contributed by atoms with Crippen LogP contribution in [0.5, 0.6) is 0 Å². The van der Waals surface area contributed by atoms with Gasteiger partial charge in [-0.2, -0.15) is 0 Å². The fraction of sp³-hybridized carbons (Fsp3) is 0.389. The minimum absolute atomic E-state index is 0.0532. The summed E-state index contributed by atoms with van der Waals surface area (Å²) < 4.78 is 0. The number of ketones is 1. The minimum Gasteiger partial charge on any atom is -0.481 e. The molecule has 1 N–H and O–H groups in total. The zero-order valence-electron chi connectivity index (χ0n) is 14.3. The van der Waals surface area contributed by atoms with Crippen molar-refractivity contribution in [2.75, 3.05) is 12.8 Å². The van der Waals surface area contributed by atoms with Crippen molar-refractivity contribution in [2.45, 2.75) is 25.6 Å². The quantitative estimate of drug-likeness (QED) is 0.732. The number of hydrogen-bond acceptors (Lipinski definition) is 4. The van der Waals surface area contributed by atoms with Gasteiger partial charge in [0.15, 0.2) is 5.78 Å². The van der Waals surface area contributed by atoms with Crippen molar-refractivity contribution < 1.29 is 19.5 Å². The summed E-state index contributed by atoms with van der Waals surface area (Å²) in [6.07, 6.45) is 1.32. The summed E-state index contributed by atoms with van der Waals surface area (Å²) in [5.41, 5.74) is 0.561. The van der Waals surface area contributed by atoms with Gasteiger partial charge in [-0.15, -0.1) is 11.8 Å². The highest BCUT2D eigenvalue weighted by molar-refractivity contribution is 7.99. The number of hydrogen-bond donors (Lipinski definition) is 1. The van der Waals surface area contributed by atoms with E-state index in [1.807, 2.05) is 13.8 Å². The second-order valence-corrected chi connectivity index (χ2v) is 7.54. The average Bonchev–Trinajstić information content (AvgIpc) is 2.78. The van der Waals surface area contributed by atoms with Gasteiger partial charge in [0.05, 0.1) is 11.4 Å². The summed E-state index contributed by atoms with van der Waals surface area (Å²) in [5, 5.41) is 8.97. The highest BCUT2D eigenvalue weighted by atomic mass is 35.5. The summed E-state index contributed by atoms with van der Waals surface area (Å²) in [6.45, 7) is 4.39. The highest BCUT2D eigenvalue weighted by Gasteiger charge is 2.42. The van der Waals surface area contributed by atoms with E-state index in [4.69, 9.17) is 11.6 Å². The van der Waals surface area contributed by atoms with E-state index in [1.54, 1.807) is 35.4 Å². The van der Waals surface area contributed by atoms with Crippen LogP contribution in [0, 0.1) is 5.92 Å². The second-order valence-electron chi connectivity index (χ2n) is 6.21. The third-order valence-electron chi connectivity index (χ3n) is 3.85. The lowest BCUT2D eigenvalue weighted by Gasteiger charge is -2.27. The molecule has 7 heteroatoms. The smallest absolute Gasteiger partial charge is 0.308 e. The van der Waals surface area contributed by atoms with Crippen LogP contribution in [0.25, 0.3) is 0 Å². The Morgan fingerprint density at radius 3 is 2.48 bits per heavy atom. The fourth-order valence-corrected chi connectivity index (χ4v) is 4.02. The predicted molar refractivity (Wildman–Crippen MR) is 98.9 cm³/mol. The van der Waals surface area contributed by atoms with Crippen molar-refractivity contribution in [1.82, 2.24) is 4.90 Å². The molecule has 1 aromatic carbocycles. The van der Waals surface area contributed by atoms with Crippen LogP contribution in [-0.2, 0) is 9.59 Å². The van der Waals surface area contributed by atoms with Gasteiger partial charge in [0.25, 0.3) is 5.91 Å². The lowest BCUT2D eigenvalue weighted by molar-refractivity contribution is -0.137. The summed E-state index contributed by atoms with van der Waals surface area (Å²) in [6, 6.07) is 6.59. The number of carbonyl (C=O) groups is 3. The van der Waals surface area contributed by atoms with Gasteiger partial charge in [0.1, 0.15) is 5.37 Å². The van der Waals surface area contributed by atoms with Gasteiger partial charge >= 0.3 is 5.97 Å². The molecule has 0 aromatic heterocycles. The molecule has 2 rings (SSSR count). The van der Waals surface area contributed by atoms with Gasteiger partial charge in [-0.25, -0.2) is 0 Å². The second kappa shape index (κ2) is 8.06. The van der Waals surface area contributed by atoms with Crippen LogP contribution < -0.4 is 0 Å². The highest BCUT2D eigenvalue weighted by Crippen LogP contribution is 2.37. The maximum atomic E-state index is 13.1. The maximum Gasteiger partial charge on any atom is 0.308 e. The Hall–Kier alpha value is -1.79. The average molecular weight is 382 g/mol. The Balaban J connectivity index is 2.55. The van der Waals surface area contributed by atoms with Crippen LogP contribution in [0.15, 0.2) is 35.4 Å². The van der Waals surface area contributed by atoms with Crippen molar-refractivity contribution in [1.29, 1.82) is 0 Å². The summed E-state index contributed by atoms with van der Waals surface area (Å²) in [7, 11) is 0. The number of carboxylic acid groups (broad SMARTS) is 1. The van der Waals surface area contributed by atoms with E-state index in [0.717, 1.165) is 0 Å². The molecule has 0 saturated carbocycles. The van der Waals surface area contributed by atoms with Crippen molar-refractivity contribution in [3.8, 4) is 0 Å². The molecule has 0 aliphatic carbocycles. The molecule has 1 unspecified atom stereocenters. The van der Waals surface area contributed by atoms with Gasteiger partial charge in [-0.1, -0.05) is 37.6 Å². The van der Waals surface area contributed by atoms with E-state index >= 15 is 0 Å². The first-order valence-corrected chi connectivity index (χ1v) is 9.52. The summed E-state index contributed by atoms with van der Waals surface area (Å²) in [4.78, 5) is 38.7. The third kappa shape index (κ3) is 4.07. The third-order valence-corrected chi connectivity index (χ3v) is 5.12. The van der Waals surface area contributed by atoms with E-state index in [0.29, 0.717) is 6.54 Å². The van der Waals surface area contributed by atoms with Gasteiger partial charge in [0, 0.05) is 23.3 Å². The van der Waals surface area contributed by atoms with Gasteiger partial charge in [0.2, 0.25) is 0 Å². The summed E-state index contributed by atoms with van der Waals surface area (Å²) >= 11 is 7.48. The Morgan fingerprint density at radius 1 is 1.32 bits per heavy atom. The number of benzene rings is 1. The van der Waals surface area contributed by atoms with Gasteiger partial charge in [-0.05, 0) is 24.3 Å². The molecule has 0 spiro atoms. The normalized spacial score (nSPS) is 17.6. The molecule has 1 aliphatic rings. The van der Waals surface area contributed by atoms with Gasteiger partial charge in [-0.3, -0.25) is 14.4 Å². The van der Waals surface area contributed by atoms with Crippen LogP contribution in [0.3, 0.4) is 0 Å². The number of amides is 1. The number of carbonyl (C=O) groups excluding carboxylic acids is 2. The fourth-order valence-electron chi connectivity index (χ4n) is 2.88. The van der Waals surface area contributed by atoms with Crippen molar-refractivity contribution in [3.05, 3.63) is 46.0 Å². The largest absolute Gasteiger partial charge is 0.481 e. The first-order valence-electron chi connectivity index (χ1n) is 7.85. The molecular weight excluding hydrogens is 362 g/mol. The standard InChI is InChI=1S/C18H20ClNO4S/c1-10(2)9-20-17(24)12(8-14(21)22)15(18(20)25-3)16(23)11-6-4-5-7-13(11)19/h4-7,10,18H,8-9H2,1-3H3,(H,21,22). The van der Waals surface area contributed by atoms with E-state index in [1.165, 1.54) is 11.8 Å². The molecule has 134 valence electrons. The van der Waals surface area contributed by atoms with Crippen LogP contribution in [-0.4, -0.2) is 45.8 Å². The first kappa shape index (κ1) is 19.5. The molecule has 0 saturated heterocycles. The Bertz CT molecular complexity index is 744. The van der Waals surface area contributed by atoms with Crippen LogP contribution in [0.4, 0.5) is 0 Å². The van der Waals surface area contributed by atoms with Crippen LogP contribution >= 0.6 is 23.4 Å². The number of rotatable bonds is 7. The molecule has 1 aliphatic heterocycles. The zero-order valence-corrected chi connectivity index (χ0v) is 15.9. The predicted octanol–water partition coefficient (Wildman–Crippen LogP) is 3.48. The lowest BCUT2D eigenvalue weighted by Crippen LogP contribution is -2.37. The first-order chi connectivity index (χ1) is 11.8. The molecule has 0 fully saturated rings. The molecular formula is C18H20ClNO4S. The number of halogens is 1. The number of thioether (sulfide) groups is 1. The van der Waals surface area contributed by atoms with Crippen LogP contribution in [0.1, 0.15) is 30.6 Å². The Morgan fingerprint density at radius 2 is 1.96 bits per heavy atom. The monoisotopic (exact) mass is 381 g/mol. The van der Waals surface area contributed by atoms with E-state index in [9.17, 15) is 19.5 Å². The minimum atomic E-state index is -1.14. The Labute approximate surface area is 156 Å². The zero-order chi connectivity index (χ0) is 18.7. The molecule has 25 heavy (non-hydrogen) atoms. The molecule has 1 heterocycles. The molecule has 1 amide bonds. The number of nitrogens with zero attached hydrogens (tertiary/aromatic N) is 1. The van der Waals surface area contributed by atoms with E-state index < -0.39 is 17.8 Å². The van der Waals surface area contributed by atoms with E-state index in [-0.39, 0.29) is 39.3 Å². The number of Topliss-reactive ketones (excluding diaryl/α,β-unsaturated/α-hetero) is 1. The maximum absolute atomic E-state index is 13.1. The molecule has 5 nitrogen and oxygen atoms in total. The van der Waals surface area contributed by atoms with Crippen molar-refractivity contribution in [3.63, 3.8) is 0 Å². The van der Waals surface area contributed by atoms with Crippen molar-refractivity contribution >= 4 is 41.0 Å². The number of aliphatic carboxylic acids is 1. The van der Waals surface area contributed by atoms with Crippen molar-refractivity contribution in [2.24, 2.45) is 5.92 Å². The molecule has 0 bridgehead atoms. The van der Waals surface area contributed by atoms with Gasteiger partial charge < -0.3 is 10.0 Å². The lowest BCUT2D eigenvalue weighted by atomic mass is 9.98.